The Morgan fingerprint density at radius 3 is 2.57 bits per heavy atom. The molecule has 1 atom stereocenters. The second kappa shape index (κ2) is 6.30. The molecular formula is C23H19N3O2. The molecule has 5 nitrogen and oxygen atoms in total. The van der Waals surface area contributed by atoms with E-state index >= 15 is 0 Å². The summed E-state index contributed by atoms with van der Waals surface area (Å²) in [5.74, 6) is 0.580. The van der Waals surface area contributed by atoms with E-state index < -0.39 is 6.04 Å². The second-order valence-corrected chi connectivity index (χ2v) is 7.27. The van der Waals surface area contributed by atoms with Gasteiger partial charge in [0.1, 0.15) is 11.9 Å². The predicted octanol–water partition coefficient (Wildman–Crippen LogP) is 3.65. The first-order valence-corrected chi connectivity index (χ1v) is 9.38. The van der Waals surface area contributed by atoms with Gasteiger partial charge in [-0.05, 0) is 41.5 Å². The number of carbonyl (C=O) groups is 1. The highest BCUT2D eigenvalue weighted by Crippen LogP contribution is 2.24. The smallest absolute Gasteiger partial charge is 0.262 e. The lowest BCUT2D eigenvalue weighted by atomic mass is 10.1. The largest absolute Gasteiger partial charge is 0.329 e. The Hall–Kier alpha value is -3.47. The summed E-state index contributed by atoms with van der Waals surface area (Å²) in [6.45, 7) is 2.60. The van der Waals surface area contributed by atoms with Gasteiger partial charge in [0, 0.05) is 6.54 Å². The molecule has 0 radical (unpaired) electrons. The zero-order valence-electron chi connectivity index (χ0n) is 15.5. The van der Waals surface area contributed by atoms with E-state index in [0.717, 1.165) is 10.9 Å². The van der Waals surface area contributed by atoms with Crippen LogP contribution < -0.4 is 5.56 Å². The molecule has 2 heterocycles. The minimum atomic E-state index is -0.561. The maximum absolute atomic E-state index is 13.0. The number of nitrogens with zero attached hydrogens (tertiary/aromatic N) is 3. The zero-order chi connectivity index (χ0) is 19.3. The molecule has 0 unspecified atom stereocenters. The van der Waals surface area contributed by atoms with Crippen molar-refractivity contribution in [3.05, 3.63) is 88.5 Å². The molecule has 0 saturated heterocycles. The van der Waals surface area contributed by atoms with E-state index in [4.69, 9.17) is 0 Å². The normalized spacial score (nSPS) is 16.5. The van der Waals surface area contributed by atoms with Gasteiger partial charge in [0.2, 0.25) is 5.91 Å². The van der Waals surface area contributed by atoms with Gasteiger partial charge in [-0.2, -0.15) is 0 Å². The van der Waals surface area contributed by atoms with Crippen LogP contribution in [-0.4, -0.2) is 20.4 Å². The number of amides is 1. The molecule has 1 aliphatic rings. The molecule has 1 aliphatic heterocycles. The summed E-state index contributed by atoms with van der Waals surface area (Å²) < 4.78 is 1.54. The van der Waals surface area contributed by atoms with Crippen LogP contribution in [0.5, 0.6) is 0 Å². The van der Waals surface area contributed by atoms with E-state index in [2.05, 4.69) is 35.3 Å². The first-order chi connectivity index (χ1) is 13.6. The van der Waals surface area contributed by atoms with E-state index in [0.29, 0.717) is 29.8 Å². The molecule has 4 aromatic rings. The quantitative estimate of drug-likeness (QED) is 0.542. The molecule has 0 N–H and O–H groups in total. The summed E-state index contributed by atoms with van der Waals surface area (Å²) in [5.41, 5.74) is 1.59. The molecule has 5 heteroatoms. The molecule has 1 aromatic heterocycles. The van der Waals surface area contributed by atoms with Gasteiger partial charge in [0.05, 0.1) is 17.4 Å². The number of rotatable bonds is 2. The molecule has 0 bridgehead atoms. The highest BCUT2D eigenvalue weighted by molar-refractivity contribution is 5.84. The van der Waals surface area contributed by atoms with Crippen LogP contribution >= 0.6 is 0 Å². The first-order valence-electron chi connectivity index (χ1n) is 9.38. The van der Waals surface area contributed by atoms with Crippen LogP contribution in [0.2, 0.25) is 0 Å². The van der Waals surface area contributed by atoms with Crippen molar-refractivity contribution in [2.24, 2.45) is 0 Å². The molecule has 0 saturated carbocycles. The van der Waals surface area contributed by atoms with Crippen molar-refractivity contribution in [1.82, 2.24) is 14.5 Å². The van der Waals surface area contributed by atoms with Crippen LogP contribution in [0.3, 0.4) is 0 Å². The van der Waals surface area contributed by atoms with Crippen LogP contribution in [0.4, 0.5) is 0 Å². The van der Waals surface area contributed by atoms with Gasteiger partial charge in [-0.3, -0.25) is 14.2 Å². The fourth-order valence-corrected chi connectivity index (χ4v) is 4.02. The Morgan fingerprint density at radius 1 is 0.964 bits per heavy atom. The number of benzene rings is 3. The van der Waals surface area contributed by atoms with E-state index in [1.165, 1.54) is 5.39 Å². The SMILES string of the molecule is C[C@H]1C(=O)N(Cc2ccc3ccccc3c2)Cc2nc3ccccc3c(=O)n21. The van der Waals surface area contributed by atoms with Crippen LogP contribution in [0.15, 0.2) is 71.5 Å². The highest BCUT2D eigenvalue weighted by atomic mass is 16.2. The molecule has 5 rings (SSSR count). The third-order valence-corrected chi connectivity index (χ3v) is 5.46. The summed E-state index contributed by atoms with van der Waals surface area (Å²) in [6, 6.07) is 21.1. The Kier molecular flexibility index (Phi) is 3.76. The van der Waals surface area contributed by atoms with E-state index in [1.807, 2.05) is 30.3 Å². The fraction of sp³-hybridized carbons (Fsp3) is 0.174. The van der Waals surface area contributed by atoms with Gasteiger partial charge in [0.25, 0.3) is 5.56 Å². The van der Waals surface area contributed by atoms with Gasteiger partial charge in [-0.25, -0.2) is 4.98 Å². The zero-order valence-corrected chi connectivity index (χ0v) is 15.5. The van der Waals surface area contributed by atoms with Crippen molar-refractivity contribution in [3.63, 3.8) is 0 Å². The predicted molar refractivity (Wildman–Crippen MR) is 109 cm³/mol. The summed E-state index contributed by atoms with van der Waals surface area (Å²) in [6.07, 6.45) is 0. The number of aromatic nitrogens is 2. The van der Waals surface area contributed by atoms with Crippen LogP contribution in [0.25, 0.3) is 21.7 Å². The van der Waals surface area contributed by atoms with Crippen molar-refractivity contribution >= 4 is 27.6 Å². The Morgan fingerprint density at radius 2 is 1.71 bits per heavy atom. The summed E-state index contributed by atoms with van der Waals surface area (Å²) in [5, 5.41) is 2.88. The number of para-hydroxylation sites is 1. The monoisotopic (exact) mass is 369 g/mol. The molecule has 0 aliphatic carbocycles. The third-order valence-electron chi connectivity index (χ3n) is 5.46. The Balaban J connectivity index is 1.54. The van der Waals surface area contributed by atoms with E-state index in [9.17, 15) is 9.59 Å². The molecule has 28 heavy (non-hydrogen) atoms. The van der Waals surface area contributed by atoms with Gasteiger partial charge >= 0.3 is 0 Å². The summed E-state index contributed by atoms with van der Waals surface area (Å²) in [4.78, 5) is 32.3. The Bertz CT molecular complexity index is 1290. The minimum absolute atomic E-state index is 0.0557. The molecule has 3 aromatic carbocycles. The van der Waals surface area contributed by atoms with Gasteiger partial charge in [0.15, 0.2) is 0 Å². The van der Waals surface area contributed by atoms with Gasteiger partial charge in [-0.1, -0.05) is 48.5 Å². The number of fused-ring (bicyclic) bond motifs is 3. The third kappa shape index (κ3) is 2.59. The maximum Gasteiger partial charge on any atom is 0.262 e. The number of hydrogen-bond acceptors (Lipinski definition) is 3. The fourth-order valence-electron chi connectivity index (χ4n) is 4.02. The lowest BCUT2D eigenvalue weighted by Gasteiger charge is -2.33. The molecule has 138 valence electrons. The molecule has 0 spiro atoms. The van der Waals surface area contributed by atoms with Crippen molar-refractivity contribution < 1.29 is 4.79 Å². The van der Waals surface area contributed by atoms with Gasteiger partial charge < -0.3 is 4.90 Å². The minimum Gasteiger partial charge on any atom is -0.329 e. The average Bonchev–Trinajstić information content (AvgIpc) is 2.72. The van der Waals surface area contributed by atoms with Crippen molar-refractivity contribution in [2.45, 2.75) is 26.1 Å². The molecule has 1 amide bonds. The topological polar surface area (TPSA) is 55.2 Å². The maximum atomic E-state index is 13.0. The summed E-state index contributed by atoms with van der Waals surface area (Å²) >= 11 is 0. The van der Waals surface area contributed by atoms with E-state index in [-0.39, 0.29) is 11.5 Å². The highest BCUT2D eigenvalue weighted by Gasteiger charge is 2.32. The van der Waals surface area contributed by atoms with E-state index in [1.54, 1.807) is 22.5 Å². The molecular weight excluding hydrogens is 350 g/mol. The number of hydrogen-bond donors (Lipinski definition) is 0. The molecule has 0 fully saturated rings. The van der Waals surface area contributed by atoms with Crippen LogP contribution in [-0.2, 0) is 17.9 Å². The standard InChI is InChI=1S/C23H19N3O2/c1-15-22(27)25(13-16-10-11-17-6-2-3-7-18(17)12-16)14-21-24-20-9-5-4-8-19(20)23(28)26(15)21/h2-12,15H,13-14H2,1H3/t15-/m0/s1. The van der Waals surface area contributed by atoms with Crippen molar-refractivity contribution in [2.75, 3.05) is 0 Å². The van der Waals surface area contributed by atoms with Crippen LogP contribution in [0.1, 0.15) is 24.4 Å². The summed E-state index contributed by atoms with van der Waals surface area (Å²) in [7, 11) is 0. The lowest BCUT2D eigenvalue weighted by Crippen LogP contribution is -2.46. The van der Waals surface area contributed by atoms with Crippen molar-refractivity contribution in [3.8, 4) is 0 Å². The van der Waals surface area contributed by atoms with Crippen molar-refractivity contribution in [1.29, 1.82) is 0 Å². The van der Waals surface area contributed by atoms with Crippen LogP contribution in [0, 0.1) is 0 Å². The lowest BCUT2D eigenvalue weighted by molar-refractivity contribution is -0.137. The average molecular weight is 369 g/mol. The Labute approximate surface area is 161 Å². The van der Waals surface area contributed by atoms with Gasteiger partial charge in [-0.15, -0.1) is 0 Å². The second-order valence-electron chi connectivity index (χ2n) is 7.27. The number of carbonyl (C=O) groups excluding carboxylic acids is 1. The first kappa shape index (κ1) is 16.7.